The summed E-state index contributed by atoms with van der Waals surface area (Å²) in [6.07, 6.45) is 1.88. The summed E-state index contributed by atoms with van der Waals surface area (Å²) in [7, 11) is -2.18. The summed E-state index contributed by atoms with van der Waals surface area (Å²) in [4.78, 5) is 6.53. The normalized spacial score (nSPS) is 19.2. The standard InChI is InChI=1S/C28H30ClF3N4O4S/c1-28(35-11-5-12-35)10-13-34(17-28)21-15-20(30)27(26(32)25(21)29)41(37,38)36(24-7-4-6-23(31)33-24)16-18-8-9-19(39-2)14-22(18)40-3/h4,6-9,14-15H,5,10-13,16-17H2,1-3H3/t28-/m1/s1. The van der Waals surface area contributed by atoms with E-state index in [1.807, 2.05) is 0 Å². The van der Waals surface area contributed by atoms with Crippen LogP contribution in [0.3, 0.4) is 0 Å². The van der Waals surface area contributed by atoms with Gasteiger partial charge < -0.3 is 14.4 Å². The van der Waals surface area contributed by atoms with Crippen LogP contribution >= 0.6 is 11.6 Å². The van der Waals surface area contributed by atoms with Crippen LogP contribution in [-0.2, 0) is 16.6 Å². The highest BCUT2D eigenvalue weighted by Gasteiger charge is 2.43. The summed E-state index contributed by atoms with van der Waals surface area (Å²) in [5, 5.41) is -0.507. The minimum absolute atomic E-state index is 0.0807. The highest BCUT2D eigenvalue weighted by Crippen LogP contribution is 2.41. The Morgan fingerprint density at radius 3 is 2.46 bits per heavy atom. The molecule has 3 aromatic rings. The minimum atomic E-state index is -5.01. The molecule has 8 nitrogen and oxygen atoms in total. The second-order valence-electron chi connectivity index (χ2n) is 10.4. The van der Waals surface area contributed by atoms with Crippen molar-refractivity contribution in [1.29, 1.82) is 0 Å². The Balaban J connectivity index is 1.56. The lowest BCUT2D eigenvalue weighted by molar-refractivity contribution is 0.0576. The molecule has 0 unspecified atom stereocenters. The van der Waals surface area contributed by atoms with Gasteiger partial charge in [0.1, 0.15) is 28.2 Å². The summed E-state index contributed by atoms with van der Waals surface area (Å²) in [6, 6.07) is 9.07. The van der Waals surface area contributed by atoms with E-state index in [2.05, 4.69) is 16.8 Å². The van der Waals surface area contributed by atoms with E-state index in [4.69, 9.17) is 21.1 Å². The number of halogens is 4. The molecular weight excluding hydrogens is 581 g/mol. The van der Waals surface area contributed by atoms with E-state index in [0.29, 0.717) is 28.7 Å². The molecule has 5 rings (SSSR count). The molecule has 41 heavy (non-hydrogen) atoms. The van der Waals surface area contributed by atoms with E-state index in [9.17, 15) is 12.8 Å². The molecule has 3 heterocycles. The molecule has 0 amide bonds. The van der Waals surface area contributed by atoms with Gasteiger partial charge in [-0.25, -0.2) is 26.5 Å². The van der Waals surface area contributed by atoms with Crippen molar-refractivity contribution in [2.45, 2.75) is 36.7 Å². The van der Waals surface area contributed by atoms with E-state index in [1.165, 1.54) is 38.5 Å². The zero-order chi connectivity index (χ0) is 29.5. The van der Waals surface area contributed by atoms with Gasteiger partial charge in [0.25, 0.3) is 10.0 Å². The Morgan fingerprint density at radius 1 is 1.07 bits per heavy atom. The van der Waals surface area contributed by atoms with E-state index < -0.39 is 44.1 Å². The van der Waals surface area contributed by atoms with E-state index in [1.54, 1.807) is 11.0 Å². The van der Waals surface area contributed by atoms with E-state index in [0.717, 1.165) is 38.1 Å². The molecule has 0 bridgehead atoms. The maximum atomic E-state index is 15.9. The average molecular weight is 611 g/mol. The maximum absolute atomic E-state index is 15.9. The van der Waals surface area contributed by atoms with Gasteiger partial charge in [0.2, 0.25) is 5.95 Å². The average Bonchev–Trinajstić information content (AvgIpc) is 3.29. The lowest BCUT2D eigenvalue weighted by atomic mass is 9.95. The Labute approximate surface area is 242 Å². The quantitative estimate of drug-likeness (QED) is 0.242. The highest BCUT2D eigenvalue weighted by molar-refractivity contribution is 7.92. The number of anilines is 2. The molecule has 1 aromatic heterocycles. The van der Waals surface area contributed by atoms with Crippen LogP contribution in [0.5, 0.6) is 11.5 Å². The minimum Gasteiger partial charge on any atom is -0.497 e. The molecule has 0 radical (unpaired) electrons. The van der Waals surface area contributed by atoms with Crippen LogP contribution in [0.1, 0.15) is 25.3 Å². The highest BCUT2D eigenvalue weighted by atomic mass is 35.5. The number of aromatic nitrogens is 1. The molecule has 0 saturated carbocycles. The fourth-order valence-corrected chi connectivity index (χ4v) is 7.21. The van der Waals surface area contributed by atoms with Gasteiger partial charge in [0.05, 0.1) is 26.5 Å². The van der Waals surface area contributed by atoms with Gasteiger partial charge in [-0.05, 0) is 57.1 Å². The van der Waals surface area contributed by atoms with Gasteiger partial charge in [-0.1, -0.05) is 17.7 Å². The third-order valence-corrected chi connectivity index (χ3v) is 9.97. The van der Waals surface area contributed by atoms with Crippen molar-refractivity contribution in [3.63, 3.8) is 0 Å². The number of likely N-dealkylation sites (tertiary alicyclic amines) is 1. The van der Waals surface area contributed by atoms with Crippen molar-refractivity contribution in [1.82, 2.24) is 9.88 Å². The van der Waals surface area contributed by atoms with Gasteiger partial charge in [-0.15, -0.1) is 0 Å². The van der Waals surface area contributed by atoms with E-state index in [-0.39, 0.29) is 22.8 Å². The zero-order valence-electron chi connectivity index (χ0n) is 22.8. The first kappa shape index (κ1) is 29.3. The smallest absolute Gasteiger partial charge is 0.271 e. The van der Waals surface area contributed by atoms with Crippen LogP contribution in [0.25, 0.3) is 0 Å². The van der Waals surface area contributed by atoms with Crippen molar-refractivity contribution in [3.8, 4) is 11.5 Å². The monoisotopic (exact) mass is 610 g/mol. The summed E-state index contributed by atoms with van der Waals surface area (Å²) in [6.45, 7) is 4.54. The fourth-order valence-electron chi connectivity index (χ4n) is 5.37. The Bertz CT molecular complexity index is 1570. The van der Waals surface area contributed by atoms with Gasteiger partial charge in [-0.2, -0.15) is 4.39 Å². The second-order valence-corrected chi connectivity index (χ2v) is 12.5. The molecule has 2 saturated heterocycles. The van der Waals surface area contributed by atoms with Crippen LogP contribution in [0.2, 0.25) is 5.02 Å². The van der Waals surface area contributed by atoms with Gasteiger partial charge in [0.15, 0.2) is 10.7 Å². The summed E-state index contributed by atoms with van der Waals surface area (Å²) in [5.74, 6) is -3.42. The first-order valence-electron chi connectivity index (χ1n) is 13.0. The second kappa shape index (κ2) is 11.2. The summed E-state index contributed by atoms with van der Waals surface area (Å²) >= 11 is 6.40. The number of rotatable bonds is 9. The number of methoxy groups -OCH3 is 2. The molecule has 2 aliphatic rings. The van der Waals surface area contributed by atoms with Crippen molar-refractivity contribution < 1.29 is 31.1 Å². The van der Waals surface area contributed by atoms with Crippen LogP contribution in [0.15, 0.2) is 47.4 Å². The molecule has 220 valence electrons. The summed E-state index contributed by atoms with van der Waals surface area (Å²) < 4.78 is 84.9. The Morgan fingerprint density at radius 2 is 1.83 bits per heavy atom. The van der Waals surface area contributed by atoms with Crippen LogP contribution in [0.4, 0.5) is 24.7 Å². The molecule has 0 N–H and O–H groups in total. The molecule has 0 spiro atoms. The van der Waals surface area contributed by atoms with Crippen molar-refractivity contribution in [2.75, 3.05) is 49.6 Å². The largest absolute Gasteiger partial charge is 0.497 e. The zero-order valence-corrected chi connectivity index (χ0v) is 24.4. The van der Waals surface area contributed by atoms with Crippen molar-refractivity contribution >= 4 is 33.1 Å². The number of pyridine rings is 1. The molecule has 2 aromatic carbocycles. The fraction of sp³-hybridized carbons (Fsp3) is 0.393. The van der Waals surface area contributed by atoms with Gasteiger partial charge in [-0.3, -0.25) is 4.90 Å². The Kier molecular flexibility index (Phi) is 8.01. The number of ether oxygens (including phenoxy) is 2. The predicted molar refractivity (Wildman–Crippen MR) is 150 cm³/mol. The molecule has 13 heteroatoms. The SMILES string of the molecule is COc1ccc(CN(c2cccc(F)n2)S(=O)(=O)c2c(F)cc(N3CC[C@@](C)(N4CCC4)C3)c(Cl)c2F)c(OC)c1. The van der Waals surface area contributed by atoms with Gasteiger partial charge in [0, 0.05) is 36.3 Å². The number of benzene rings is 2. The number of sulfonamides is 1. The molecule has 2 aliphatic heterocycles. The number of hydrogen-bond donors (Lipinski definition) is 0. The predicted octanol–water partition coefficient (Wildman–Crippen LogP) is 5.24. The topological polar surface area (TPSA) is 75.2 Å². The molecule has 2 fully saturated rings. The lowest BCUT2D eigenvalue weighted by Crippen LogP contribution is -2.54. The van der Waals surface area contributed by atoms with Gasteiger partial charge >= 0.3 is 0 Å². The van der Waals surface area contributed by atoms with Crippen LogP contribution in [0, 0.1) is 17.6 Å². The molecule has 1 atom stereocenters. The lowest BCUT2D eigenvalue weighted by Gasteiger charge is -2.44. The summed E-state index contributed by atoms with van der Waals surface area (Å²) in [5.41, 5.74) is 0.224. The Hall–Kier alpha value is -3.22. The first-order chi connectivity index (χ1) is 19.5. The number of nitrogens with zero attached hydrogens (tertiary/aromatic N) is 4. The van der Waals surface area contributed by atoms with Crippen LogP contribution in [-0.4, -0.2) is 64.2 Å². The van der Waals surface area contributed by atoms with E-state index >= 15 is 8.78 Å². The van der Waals surface area contributed by atoms with Crippen molar-refractivity contribution in [3.05, 3.63) is 70.6 Å². The first-order valence-corrected chi connectivity index (χ1v) is 14.8. The third-order valence-electron chi connectivity index (χ3n) is 7.82. The third kappa shape index (κ3) is 5.40. The number of hydrogen-bond acceptors (Lipinski definition) is 7. The van der Waals surface area contributed by atoms with Crippen LogP contribution < -0.4 is 18.7 Å². The maximum Gasteiger partial charge on any atom is 0.271 e. The molecule has 0 aliphatic carbocycles. The molecular formula is C28H30ClF3N4O4S. The van der Waals surface area contributed by atoms with Crippen molar-refractivity contribution in [2.24, 2.45) is 0 Å².